The summed E-state index contributed by atoms with van der Waals surface area (Å²) in [6.45, 7) is 15.6. The Balaban J connectivity index is 1.59. The topological polar surface area (TPSA) is 46.5 Å². The highest BCUT2D eigenvalue weighted by Gasteiger charge is 2.65. The van der Waals surface area contributed by atoms with Gasteiger partial charge in [0, 0.05) is 18.8 Å². The minimum Gasteiger partial charge on any atom is -0.462 e. The molecule has 0 bridgehead atoms. The van der Waals surface area contributed by atoms with Crippen LogP contribution in [0.3, 0.4) is 0 Å². The van der Waals surface area contributed by atoms with Crippen molar-refractivity contribution in [1.82, 2.24) is 0 Å². The van der Waals surface area contributed by atoms with Gasteiger partial charge in [-0.25, -0.2) is 0 Å². The number of alkyl halides is 1. The molecule has 0 radical (unpaired) electrons. The lowest BCUT2D eigenvalue weighted by molar-refractivity contribution is -0.182. The van der Waals surface area contributed by atoms with Crippen molar-refractivity contribution < 1.29 is 14.6 Å². The summed E-state index contributed by atoms with van der Waals surface area (Å²) >= 11 is 7.01. The Hall–Kier alpha value is -0.800. The van der Waals surface area contributed by atoms with Gasteiger partial charge in [0.25, 0.3) is 0 Å². The number of halogens is 1. The number of aliphatic hydroxyl groups is 1. The first-order valence-corrected chi connectivity index (χ1v) is 14.2. The molecule has 3 saturated carbocycles. The number of hydrogen-bond donors (Lipinski definition) is 1. The summed E-state index contributed by atoms with van der Waals surface area (Å²) in [7, 11) is 0. The molecule has 3 fully saturated rings. The summed E-state index contributed by atoms with van der Waals surface area (Å²) in [6.07, 6.45) is 13.9. The van der Waals surface area contributed by atoms with Crippen molar-refractivity contribution in [1.29, 1.82) is 0 Å². The quantitative estimate of drug-likeness (QED) is 0.249. The summed E-state index contributed by atoms with van der Waals surface area (Å²) in [5.74, 6) is 3.22. The first kappa shape index (κ1) is 26.3. The zero-order chi connectivity index (χ0) is 25.1. The minimum atomic E-state index is -1.03. The molecule has 192 valence electrons. The van der Waals surface area contributed by atoms with Crippen molar-refractivity contribution in [3.63, 3.8) is 0 Å². The number of rotatable bonds is 5. The van der Waals surface area contributed by atoms with Crippen LogP contribution in [0.25, 0.3) is 0 Å². The van der Waals surface area contributed by atoms with Crippen LogP contribution in [0.2, 0.25) is 0 Å². The molecular formula is C30H47ClO3. The van der Waals surface area contributed by atoms with Crippen LogP contribution in [0.4, 0.5) is 0 Å². The number of carbonyl (C=O) groups excluding carboxylic acids is 1. The van der Waals surface area contributed by atoms with Gasteiger partial charge in [-0.2, -0.15) is 0 Å². The molecule has 0 aromatic heterocycles. The predicted molar refractivity (Wildman–Crippen MR) is 140 cm³/mol. The van der Waals surface area contributed by atoms with Crippen molar-refractivity contribution in [3.05, 3.63) is 23.8 Å². The van der Waals surface area contributed by atoms with Crippen molar-refractivity contribution in [2.45, 2.75) is 110 Å². The van der Waals surface area contributed by atoms with Gasteiger partial charge in [0.1, 0.15) is 6.10 Å². The minimum absolute atomic E-state index is 0.239. The highest BCUT2D eigenvalue weighted by atomic mass is 35.5. The van der Waals surface area contributed by atoms with Crippen LogP contribution in [-0.4, -0.2) is 28.2 Å². The first-order valence-electron chi connectivity index (χ1n) is 13.8. The van der Waals surface area contributed by atoms with E-state index in [0.717, 1.165) is 19.3 Å². The van der Waals surface area contributed by atoms with Gasteiger partial charge in [-0.15, -0.1) is 11.6 Å². The maximum Gasteiger partial charge on any atom is 0.302 e. The van der Waals surface area contributed by atoms with Crippen LogP contribution in [-0.2, 0) is 9.53 Å². The number of carbonyl (C=O) groups is 1. The fraction of sp³-hybridized carbons (Fsp3) is 0.833. The fourth-order valence-electron chi connectivity index (χ4n) is 8.43. The Morgan fingerprint density at radius 3 is 2.44 bits per heavy atom. The highest BCUT2D eigenvalue weighted by Crippen LogP contribution is 2.68. The second-order valence-corrected chi connectivity index (χ2v) is 13.5. The molecular weight excluding hydrogens is 444 g/mol. The van der Waals surface area contributed by atoms with Gasteiger partial charge in [-0.1, -0.05) is 65.3 Å². The van der Waals surface area contributed by atoms with Crippen LogP contribution < -0.4 is 0 Å². The zero-order valence-electron chi connectivity index (χ0n) is 22.4. The standard InChI is InChI=1S/C30H47ClO3/c1-18(2)19(3)8-9-20(4)24-10-11-25-23-16-27(31)30(33)17-22(34-21(5)32)12-15-29(30,7)26(23)13-14-28(24,25)6/h8-9,16,18-20,22,24-27,33H,10-15,17H2,1-7H3/b9-8+. The Bertz CT molecular complexity index is 848. The molecule has 4 rings (SSSR count). The lowest BCUT2D eigenvalue weighted by Crippen LogP contribution is -2.64. The van der Waals surface area contributed by atoms with Crippen molar-refractivity contribution in [3.8, 4) is 0 Å². The van der Waals surface area contributed by atoms with E-state index in [1.807, 2.05) is 0 Å². The van der Waals surface area contributed by atoms with Crippen LogP contribution >= 0.6 is 11.6 Å². The number of hydrogen-bond acceptors (Lipinski definition) is 3. The first-order chi connectivity index (χ1) is 15.8. The monoisotopic (exact) mass is 490 g/mol. The summed E-state index contributed by atoms with van der Waals surface area (Å²) < 4.78 is 5.53. The molecule has 0 aliphatic heterocycles. The Morgan fingerprint density at radius 1 is 1.09 bits per heavy atom. The third kappa shape index (κ3) is 4.11. The largest absolute Gasteiger partial charge is 0.462 e. The van der Waals surface area contributed by atoms with Crippen LogP contribution in [0.5, 0.6) is 0 Å². The zero-order valence-corrected chi connectivity index (χ0v) is 23.2. The molecule has 4 heteroatoms. The molecule has 0 aromatic carbocycles. The predicted octanol–water partition coefficient (Wildman–Crippen LogP) is 7.31. The van der Waals surface area contributed by atoms with E-state index in [1.54, 1.807) is 0 Å². The smallest absolute Gasteiger partial charge is 0.302 e. The van der Waals surface area contributed by atoms with Crippen LogP contribution in [0.15, 0.2) is 23.8 Å². The Morgan fingerprint density at radius 2 is 1.79 bits per heavy atom. The molecule has 34 heavy (non-hydrogen) atoms. The van der Waals surface area contributed by atoms with Gasteiger partial charge in [0.15, 0.2) is 0 Å². The van der Waals surface area contributed by atoms with Gasteiger partial charge in [0.2, 0.25) is 0 Å². The molecule has 10 unspecified atom stereocenters. The van der Waals surface area contributed by atoms with Gasteiger partial charge in [-0.05, 0) is 79.4 Å². The van der Waals surface area contributed by atoms with Gasteiger partial charge in [-0.3, -0.25) is 4.79 Å². The Labute approximate surface area is 212 Å². The van der Waals surface area contributed by atoms with Crippen LogP contribution in [0.1, 0.15) is 93.4 Å². The summed E-state index contributed by atoms with van der Waals surface area (Å²) in [4.78, 5) is 11.6. The maximum atomic E-state index is 12.0. The van der Waals surface area contributed by atoms with Crippen molar-refractivity contribution >= 4 is 17.6 Å². The second kappa shape index (κ2) is 9.25. The van der Waals surface area contributed by atoms with Crippen molar-refractivity contribution in [2.75, 3.05) is 0 Å². The molecule has 3 nitrogen and oxygen atoms in total. The number of fused-ring (bicyclic) bond motifs is 5. The van der Waals surface area contributed by atoms with E-state index in [4.69, 9.17) is 16.3 Å². The fourth-order valence-corrected chi connectivity index (χ4v) is 8.91. The Kier molecular flexibility index (Phi) is 7.15. The molecule has 0 amide bonds. The third-order valence-corrected chi connectivity index (χ3v) is 11.5. The molecule has 1 N–H and O–H groups in total. The maximum absolute atomic E-state index is 12.0. The molecule has 10 atom stereocenters. The van der Waals surface area contributed by atoms with Gasteiger partial charge >= 0.3 is 5.97 Å². The average Bonchev–Trinajstić information content (AvgIpc) is 3.11. The second-order valence-electron chi connectivity index (χ2n) is 13.1. The van der Waals surface area contributed by atoms with E-state index in [2.05, 4.69) is 59.8 Å². The van der Waals surface area contributed by atoms with E-state index in [0.29, 0.717) is 47.3 Å². The van der Waals surface area contributed by atoms with E-state index in [9.17, 15) is 9.90 Å². The highest BCUT2D eigenvalue weighted by molar-refractivity contribution is 6.22. The molecule has 0 saturated heterocycles. The SMILES string of the molecule is CC(=O)OC1CCC2(C)C3CCC4(C)C(CCC4C(C)/C=C/C(C)C(C)C)C3=CC(Cl)C2(O)C1. The number of allylic oxidation sites excluding steroid dienone is 3. The normalized spacial score (nSPS) is 45.8. The summed E-state index contributed by atoms with van der Waals surface area (Å²) in [5.41, 5.74) is 0.527. The lowest BCUT2D eigenvalue weighted by atomic mass is 9.46. The molecule has 4 aliphatic carbocycles. The van der Waals surface area contributed by atoms with Crippen molar-refractivity contribution in [2.24, 2.45) is 46.3 Å². The van der Waals surface area contributed by atoms with E-state index >= 15 is 0 Å². The summed E-state index contributed by atoms with van der Waals surface area (Å²) in [5, 5.41) is 11.5. The van der Waals surface area contributed by atoms with E-state index < -0.39 is 11.0 Å². The lowest BCUT2D eigenvalue weighted by Gasteiger charge is -2.62. The molecule has 0 aromatic rings. The summed E-state index contributed by atoms with van der Waals surface area (Å²) in [6, 6.07) is 0. The van der Waals surface area contributed by atoms with E-state index in [1.165, 1.54) is 31.8 Å². The average molecular weight is 491 g/mol. The number of ether oxygens (including phenoxy) is 1. The molecule has 0 heterocycles. The molecule has 4 aliphatic rings. The molecule has 0 spiro atoms. The van der Waals surface area contributed by atoms with Gasteiger partial charge in [0.05, 0.1) is 11.0 Å². The van der Waals surface area contributed by atoms with Crippen LogP contribution in [0, 0.1) is 46.3 Å². The van der Waals surface area contributed by atoms with Gasteiger partial charge < -0.3 is 9.84 Å². The third-order valence-electron chi connectivity index (χ3n) is 11.0. The number of esters is 1. The van der Waals surface area contributed by atoms with E-state index in [-0.39, 0.29) is 17.5 Å².